The zero-order valence-corrected chi connectivity index (χ0v) is 12.0. The lowest BCUT2D eigenvalue weighted by Gasteiger charge is -2.14. The van der Waals surface area contributed by atoms with E-state index in [9.17, 15) is 4.79 Å². The number of rotatable bonds is 7. The maximum absolute atomic E-state index is 11.7. The molecular formula is C16H24N2O. The van der Waals surface area contributed by atoms with Gasteiger partial charge < -0.3 is 10.6 Å². The number of hydrogen-bond acceptors (Lipinski definition) is 2. The molecule has 0 aromatic heterocycles. The van der Waals surface area contributed by atoms with Gasteiger partial charge in [0, 0.05) is 13.1 Å². The minimum Gasteiger partial charge on any atom is -0.354 e. The minimum absolute atomic E-state index is 0.0572. The lowest BCUT2D eigenvalue weighted by Crippen LogP contribution is -2.43. The Bertz CT molecular complexity index is 398. The number of nitrogens with one attached hydrogen (secondary N) is 2. The van der Waals surface area contributed by atoms with Crippen LogP contribution in [-0.2, 0) is 4.79 Å². The second-order valence-corrected chi connectivity index (χ2v) is 5.08. The van der Waals surface area contributed by atoms with E-state index in [1.807, 2.05) is 37.3 Å². The number of hydrogen-bond donors (Lipinski definition) is 2. The summed E-state index contributed by atoms with van der Waals surface area (Å²) in [7, 11) is 0. The van der Waals surface area contributed by atoms with Crippen LogP contribution in [0.4, 0.5) is 0 Å². The maximum Gasteiger partial charge on any atom is 0.236 e. The topological polar surface area (TPSA) is 41.1 Å². The van der Waals surface area contributed by atoms with Crippen molar-refractivity contribution < 1.29 is 4.79 Å². The summed E-state index contributed by atoms with van der Waals surface area (Å²) in [5.41, 5.74) is 1.17. The van der Waals surface area contributed by atoms with Crippen LogP contribution in [0.15, 0.2) is 36.4 Å². The van der Waals surface area contributed by atoms with E-state index in [2.05, 4.69) is 36.6 Å². The van der Waals surface area contributed by atoms with E-state index in [1.54, 1.807) is 0 Å². The molecule has 1 aromatic carbocycles. The molecule has 0 bridgehead atoms. The molecule has 1 amide bonds. The van der Waals surface area contributed by atoms with Crippen molar-refractivity contribution in [3.05, 3.63) is 42.0 Å². The summed E-state index contributed by atoms with van der Waals surface area (Å²) < 4.78 is 0. The van der Waals surface area contributed by atoms with Gasteiger partial charge in [-0.1, -0.05) is 56.3 Å². The van der Waals surface area contributed by atoms with Crippen molar-refractivity contribution in [2.24, 2.45) is 5.92 Å². The van der Waals surface area contributed by atoms with Crippen molar-refractivity contribution in [1.82, 2.24) is 10.6 Å². The van der Waals surface area contributed by atoms with Crippen molar-refractivity contribution in [2.45, 2.75) is 26.8 Å². The van der Waals surface area contributed by atoms with Crippen molar-refractivity contribution in [3.63, 3.8) is 0 Å². The molecule has 2 N–H and O–H groups in total. The molecule has 0 aliphatic rings. The predicted molar refractivity (Wildman–Crippen MR) is 80.8 cm³/mol. The Balaban J connectivity index is 2.25. The van der Waals surface area contributed by atoms with Gasteiger partial charge in [0.1, 0.15) is 0 Å². The van der Waals surface area contributed by atoms with E-state index in [0.29, 0.717) is 12.5 Å². The van der Waals surface area contributed by atoms with Crippen molar-refractivity contribution >= 4 is 12.0 Å². The molecule has 0 fully saturated rings. The predicted octanol–water partition coefficient (Wildman–Crippen LogP) is 2.45. The molecule has 0 radical (unpaired) electrons. The summed E-state index contributed by atoms with van der Waals surface area (Å²) in [6, 6.07) is 9.95. The fourth-order valence-electron chi connectivity index (χ4n) is 1.55. The van der Waals surface area contributed by atoms with Crippen LogP contribution in [0.1, 0.15) is 26.3 Å². The van der Waals surface area contributed by atoms with Gasteiger partial charge in [-0.2, -0.15) is 0 Å². The maximum atomic E-state index is 11.7. The van der Waals surface area contributed by atoms with Crippen LogP contribution in [0.25, 0.3) is 6.08 Å². The number of benzene rings is 1. The normalized spacial score (nSPS) is 12.8. The van der Waals surface area contributed by atoms with Crippen LogP contribution >= 0.6 is 0 Å². The Morgan fingerprint density at radius 1 is 1.21 bits per heavy atom. The molecule has 3 heteroatoms. The molecular weight excluding hydrogens is 236 g/mol. The van der Waals surface area contributed by atoms with Crippen LogP contribution < -0.4 is 10.6 Å². The first-order valence-corrected chi connectivity index (χ1v) is 6.82. The van der Waals surface area contributed by atoms with Crippen molar-refractivity contribution in [2.75, 3.05) is 13.1 Å². The van der Waals surface area contributed by atoms with E-state index in [4.69, 9.17) is 0 Å². The number of carbonyl (C=O) groups excluding carboxylic acids is 1. The Kier molecular flexibility index (Phi) is 6.90. The fraction of sp³-hybridized carbons (Fsp3) is 0.438. The van der Waals surface area contributed by atoms with Crippen molar-refractivity contribution in [1.29, 1.82) is 0 Å². The Labute approximate surface area is 116 Å². The first-order chi connectivity index (χ1) is 9.09. The van der Waals surface area contributed by atoms with Gasteiger partial charge in [-0.3, -0.25) is 4.79 Å². The third-order valence-electron chi connectivity index (χ3n) is 2.73. The molecule has 1 rings (SSSR count). The first-order valence-electron chi connectivity index (χ1n) is 6.82. The lowest BCUT2D eigenvalue weighted by atomic mass is 10.2. The van der Waals surface area contributed by atoms with Crippen LogP contribution in [-0.4, -0.2) is 25.0 Å². The van der Waals surface area contributed by atoms with Gasteiger partial charge in [0.2, 0.25) is 5.91 Å². The minimum atomic E-state index is -0.167. The zero-order chi connectivity index (χ0) is 14.1. The van der Waals surface area contributed by atoms with Gasteiger partial charge in [0.25, 0.3) is 0 Å². The van der Waals surface area contributed by atoms with Crippen LogP contribution in [0.3, 0.4) is 0 Å². The fourth-order valence-corrected chi connectivity index (χ4v) is 1.55. The smallest absolute Gasteiger partial charge is 0.236 e. The average Bonchev–Trinajstić information content (AvgIpc) is 2.41. The molecule has 3 nitrogen and oxygen atoms in total. The highest BCUT2D eigenvalue weighted by atomic mass is 16.2. The SMILES string of the molecule is CC(C)CNC(=O)C(C)NC/C=C/c1ccccc1. The molecule has 0 aliphatic heterocycles. The molecule has 19 heavy (non-hydrogen) atoms. The van der Waals surface area contributed by atoms with Gasteiger partial charge in [-0.25, -0.2) is 0 Å². The largest absolute Gasteiger partial charge is 0.354 e. The average molecular weight is 260 g/mol. The second kappa shape index (κ2) is 8.48. The summed E-state index contributed by atoms with van der Waals surface area (Å²) in [5.74, 6) is 0.538. The molecule has 0 spiro atoms. The summed E-state index contributed by atoms with van der Waals surface area (Å²) in [4.78, 5) is 11.7. The quantitative estimate of drug-likeness (QED) is 0.790. The summed E-state index contributed by atoms with van der Waals surface area (Å²) in [6.45, 7) is 7.46. The van der Waals surface area contributed by atoms with E-state index in [-0.39, 0.29) is 11.9 Å². The van der Waals surface area contributed by atoms with Crippen LogP contribution in [0.2, 0.25) is 0 Å². The van der Waals surface area contributed by atoms with Gasteiger partial charge in [-0.05, 0) is 18.4 Å². The molecule has 1 aromatic rings. The highest BCUT2D eigenvalue weighted by Crippen LogP contribution is 2.00. The van der Waals surface area contributed by atoms with E-state index < -0.39 is 0 Å². The monoisotopic (exact) mass is 260 g/mol. The molecule has 0 aliphatic carbocycles. The number of amides is 1. The standard InChI is InChI=1S/C16H24N2O/c1-13(2)12-18-16(19)14(3)17-11-7-10-15-8-5-4-6-9-15/h4-10,13-14,17H,11-12H2,1-3H3,(H,18,19)/b10-7+. The third-order valence-corrected chi connectivity index (χ3v) is 2.73. The summed E-state index contributed by atoms with van der Waals surface area (Å²) >= 11 is 0. The van der Waals surface area contributed by atoms with E-state index in [0.717, 1.165) is 6.54 Å². The summed E-state index contributed by atoms with van der Waals surface area (Å²) in [5, 5.41) is 6.09. The van der Waals surface area contributed by atoms with Gasteiger partial charge in [0.15, 0.2) is 0 Å². The lowest BCUT2D eigenvalue weighted by molar-refractivity contribution is -0.122. The van der Waals surface area contributed by atoms with Gasteiger partial charge >= 0.3 is 0 Å². The van der Waals surface area contributed by atoms with Crippen LogP contribution in [0.5, 0.6) is 0 Å². The Morgan fingerprint density at radius 3 is 2.53 bits per heavy atom. The molecule has 0 saturated carbocycles. The molecule has 0 heterocycles. The Morgan fingerprint density at radius 2 is 1.89 bits per heavy atom. The summed E-state index contributed by atoms with van der Waals surface area (Å²) in [6.07, 6.45) is 4.08. The molecule has 104 valence electrons. The highest BCUT2D eigenvalue weighted by Gasteiger charge is 2.10. The van der Waals surface area contributed by atoms with Crippen molar-refractivity contribution in [3.8, 4) is 0 Å². The van der Waals surface area contributed by atoms with E-state index >= 15 is 0 Å². The molecule has 1 unspecified atom stereocenters. The first kappa shape index (κ1) is 15.4. The van der Waals surface area contributed by atoms with Gasteiger partial charge in [-0.15, -0.1) is 0 Å². The highest BCUT2D eigenvalue weighted by molar-refractivity contribution is 5.81. The zero-order valence-electron chi connectivity index (χ0n) is 12.0. The van der Waals surface area contributed by atoms with Crippen LogP contribution in [0, 0.1) is 5.92 Å². The van der Waals surface area contributed by atoms with E-state index in [1.165, 1.54) is 5.56 Å². The Hall–Kier alpha value is -1.61. The second-order valence-electron chi connectivity index (χ2n) is 5.08. The number of carbonyl (C=O) groups is 1. The third kappa shape index (κ3) is 6.77. The molecule has 1 atom stereocenters. The molecule has 0 saturated heterocycles. The van der Waals surface area contributed by atoms with Gasteiger partial charge in [0.05, 0.1) is 6.04 Å².